The molecule has 0 spiro atoms. The molecule has 6 nitrogen and oxygen atoms in total. The molecule has 1 amide bonds. The van der Waals surface area contributed by atoms with Gasteiger partial charge in [0, 0.05) is 17.5 Å². The maximum absolute atomic E-state index is 12.2. The van der Waals surface area contributed by atoms with E-state index in [2.05, 4.69) is 21.4 Å². The quantitative estimate of drug-likeness (QED) is 0.568. The van der Waals surface area contributed by atoms with Gasteiger partial charge in [0.1, 0.15) is 6.04 Å². The number of rotatable bonds is 3. The lowest BCUT2D eigenvalue weighted by molar-refractivity contribution is -0.123. The Balaban J connectivity index is 0.00000176. The van der Waals surface area contributed by atoms with Crippen LogP contribution in [0.4, 0.5) is 0 Å². The van der Waals surface area contributed by atoms with E-state index in [0.717, 1.165) is 19.3 Å². The Hall–Kier alpha value is -1.18. The molecule has 2 aliphatic rings. The zero-order valence-electron chi connectivity index (χ0n) is 11.8. The SMILES string of the molecule is O.O=C(N/N=C/c1c(Cl)cccc1Cl)C1NNC2CCCC21. The lowest BCUT2D eigenvalue weighted by Gasteiger charge is -2.14. The molecule has 1 aromatic rings. The molecule has 3 unspecified atom stereocenters. The second-order valence-electron chi connectivity index (χ2n) is 5.34. The van der Waals surface area contributed by atoms with E-state index in [1.54, 1.807) is 18.2 Å². The lowest BCUT2D eigenvalue weighted by Crippen LogP contribution is -2.44. The maximum atomic E-state index is 12.2. The number of hydrogen-bond acceptors (Lipinski definition) is 4. The van der Waals surface area contributed by atoms with Crippen LogP contribution >= 0.6 is 23.2 Å². The van der Waals surface area contributed by atoms with Gasteiger partial charge in [-0.2, -0.15) is 5.10 Å². The summed E-state index contributed by atoms with van der Waals surface area (Å²) in [5.41, 5.74) is 9.36. The summed E-state index contributed by atoms with van der Waals surface area (Å²) in [6.45, 7) is 0. The number of halogens is 2. The Morgan fingerprint density at radius 1 is 1.27 bits per heavy atom. The van der Waals surface area contributed by atoms with Gasteiger partial charge in [-0.3, -0.25) is 10.2 Å². The molecule has 0 radical (unpaired) electrons. The van der Waals surface area contributed by atoms with Crippen molar-refractivity contribution in [3.8, 4) is 0 Å². The lowest BCUT2D eigenvalue weighted by atomic mass is 9.97. The van der Waals surface area contributed by atoms with Crippen LogP contribution in [0.5, 0.6) is 0 Å². The fraction of sp³-hybridized carbons (Fsp3) is 0.429. The highest BCUT2D eigenvalue weighted by Crippen LogP contribution is 2.31. The van der Waals surface area contributed by atoms with Crippen LogP contribution in [-0.2, 0) is 4.79 Å². The number of carbonyl (C=O) groups excluding carboxylic acids is 1. The highest BCUT2D eigenvalue weighted by Gasteiger charge is 2.42. The third-order valence-corrected chi connectivity index (χ3v) is 4.73. The van der Waals surface area contributed by atoms with Crippen LogP contribution in [-0.4, -0.2) is 29.7 Å². The van der Waals surface area contributed by atoms with Crippen molar-refractivity contribution in [2.75, 3.05) is 0 Å². The smallest absolute Gasteiger partial charge is 0.258 e. The largest absolute Gasteiger partial charge is 0.412 e. The van der Waals surface area contributed by atoms with Gasteiger partial charge in [-0.25, -0.2) is 10.9 Å². The van der Waals surface area contributed by atoms with E-state index in [-0.39, 0.29) is 17.4 Å². The first-order valence-electron chi connectivity index (χ1n) is 6.95. The van der Waals surface area contributed by atoms with E-state index in [1.807, 2.05) is 0 Å². The molecule has 8 heteroatoms. The maximum Gasteiger partial charge on any atom is 0.258 e. The van der Waals surface area contributed by atoms with E-state index >= 15 is 0 Å². The minimum Gasteiger partial charge on any atom is -0.412 e. The zero-order chi connectivity index (χ0) is 14.8. The van der Waals surface area contributed by atoms with Crippen molar-refractivity contribution in [1.82, 2.24) is 16.3 Å². The molecule has 1 aromatic carbocycles. The summed E-state index contributed by atoms with van der Waals surface area (Å²) in [4.78, 5) is 12.2. The van der Waals surface area contributed by atoms with Crippen LogP contribution in [0, 0.1) is 5.92 Å². The zero-order valence-corrected chi connectivity index (χ0v) is 13.3. The van der Waals surface area contributed by atoms with Crippen molar-refractivity contribution in [2.24, 2.45) is 11.0 Å². The molecule has 22 heavy (non-hydrogen) atoms. The van der Waals surface area contributed by atoms with Gasteiger partial charge in [-0.05, 0) is 25.0 Å². The topological polar surface area (TPSA) is 97.0 Å². The monoisotopic (exact) mass is 344 g/mol. The normalized spacial score (nSPS) is 26.7. The van der Waals surface area contributed by atoms with E-state index < -0.39 is 0 Å². The molecule has 0 aromatic heterocycles. The third kappa shape index (κ3) is 3.42. The van der Waals surface area contributed by atoms with Crippen LogP contribution < -0.4 is 16.3 Å². The standard InChI is InChI=1S/C14H16Cl2N4O.H2O/c15-10-4-2-5-11(16)9(10)7-17-20-14(21)13-8-3-1-6-12(8)18-19-13;/h2,4-5,7-8,12-13,18-19H,1,3,6H2,(H,20,21);1H2/b17-7+;. The van der Waals surface area contributed by atoms with Gasteiger partial charge < -0.3 is 5.48 Å². The number of nitrogens with zero attached hydrogens (tertiary/aromatic N) is 1. The molecule has 1 saturated carbocycles. The molecule has 120 valence electrons. The van der Waals surface area contributed by atoms with E-state index in [9.17, 15) is 4.79 Å². The number of nitrogens with one attached hydrogen (secondary N) is 3. The Kier molecular flexibility index (Phi) is 5.77. The fourth-order valence-corrected chi connectivity index (χ4v) is 3.49. The first kappa shape index (κ1) is 17.2. The second kappa shape index (κ2) is 7.39. The minimum absolute atomic E-state index is 0. The van der Waals surface area contributed by atoms with Gasteiger partial charge >= 0.3 is 0 Å². The van der Waals surface area contributed by atoms with Crippen molar-refractivity contribution >= 4 is 35.3 Å². The molecule has 3 rings (SSSR count). The molecule has 5 N–H and O–H groups in total. The molecule has 1 heterocycles. The summed E-state index contributed by atoms with van der Waals surface area (Å²) in [7, 11) is 0. The molecule has 1 aliphatic carbocycles. The molecule has 2 fully saturated rings. The first-order chi connectivity index (χ1) is 10.2. The Bertz CT molecular complexity index is 562. The van der Waals surface area contributed by atoms with Gasteiger partial charge in [0.05, 0.1) is 16.3 Å². The van der Waals surface area contributed by atoms with Crippen molar-refractivity contribution in [3.05, 3.63) is 33.8 Å². The number of benzene rings is 1. The number of hydrazone groups is 1. The van der Waals surface area contributed by atoms with Crippen LogP contribution in [0.1, 0.15) is 24.8 Å². The summed E-state index contributed by atoms with van der Waals surface area (Å²) in [6.07, 6.45) is 4.80. The highest BCUT2D eigenvalue weighted by molar-refractivity contribution is 6.38. The number of carbonyl (C=O) groups is 1. The summed E-state index contributed by atoms with van der Waals surface area (Å²) in [5.74, 6) is 0.195. The number of amides is 1. The van der Waals surface area contributed by atoms with Crippen LogP contribution in [0.3, 0.4) is 0 Å². The predicted octanol–water partition coefficient (Wildman–Crippen LogP) is 1.26. The summed E-state index contributed by atoms with van der Waals surface area (Å²) in [5, 5.41) is 4.96. The van der Waals surface area contributed by atoms with Gasteiger partial charge in [0.25, 0.3) is 5.91 Å². The number of hydrogen-bond donors (Lipinski definition) is 3. The summed E-state index contributed by atoms with van der Waals surface area (Å²) >= 11 is 12.1. The van der Waals surface area contributed by atoms with Crippen molar-refractivity contribution in [3.63, 3.8) is 0 Å². The summed E-state index contributed by atoms with van der Waals surface area (Å²) < 4.78 is 0. The number of fused-ring (bicyclic) bond motifs is 1. The van der Waals surface area contributed by atoms with Crippen molar-refractivity contribution in [1.29, 1.82) is 0 Å². The van der Waals surface area contributed by atoms with Crippen LogP contribution in [0.2, 0.25) is 10.0 Å². The van der Waals surface area contributed by atoms with Gasteiger partial charge in [-0.1, -0.05) is 35.7 Å². The average molecular weight is 345 g/mol. The molecule has 3 atom stereocenters. The van der Waals surface area contributed by atoms with E-state index in [4.69, 9.17) is 23.2 Å². The molecular formula is C14H18Cl2N4O2. The Morgan fingerprint density at radius 2 is 2.00 bits per heavy atom. The molecular weight excluding hydrogens is 327 g/mol. The Labute approximate surface area is 138 Å². The summed E-state index contributed by atoms with van der Waals surface area (Å²) in [6, 6.07) is 5.36. The molecule has 0 bridgehead atoms. The van der Waals surface area contributed by atoms with Crippen LogP contribution in [0.25, 0.3) is 0 Å². The average Bonchev–Trinajstić information content (AvgIpc) is 3.04. The van der Waals surface area contributed by atoms with E-state index in [1.165, 1.54) is 6.21 Å². The second-order valence-corrected chi connectivity index (χ2v) is 6.15. The minimum atomic E-state index is -0.239. The van der Waals surface area contributed by atoms with Crippen LogP contribution in [0.15, 0.2) is 23.3 Å². The van der Waals surface area contributed by atoms with Gasteiger partial charge in [0.15, 0.2) is 0 Å². The Morgan fingerprint density at radius 3 is 2.73 bits per heavy atom. The van der Waals surface area contributed by atoms with E-state index in [0.29, 0.717) is 27.6 Å². The molecule has 1 saturated heterocycles. The number of hydrazine groups is 1. The first-order valence-corrected chi connectivity index (χ1v) is 7.70. The van der Waals surface area contributed by atoms with Crippen molar-refractivity contribution in [2.45, 2.75) is 31.3 Å². The fourth-order valence-electron chi connectivity index (χ4n) is 2.99. The third-order valence-electron chi connectivity index (χ3n) is 4.07. The molecule has 1 aliphatic heterocycles. The van der Waals surface area contributed by atoms with Gasteiger partial charge in [-0.15, -0.1) is 0 Å². The van der Waals surface area contributed by atoms with Gasteiger partial charge in [0.2, 0.25) is 0 Å². The highest BCUT2D eigenvalue weighted by atomic mass is 35.5. The van der Waals surface area contributed by atoms with Crippen molar-refractivity contribution < 1.29 is 10.3 Å². The predicted molar refractivity (Wildman–Crippen MR) is 87.0 cm³/mol.